The summed E-state index contributed by atoms with van der Waals surface area (Å²) in [6.45, 7) is 0. The monoisotopic (exact) mass is 163 g/mol. The van der Waals surface area contributed by atoms with Crippen LogP contribution in [-0.2, 0) is 10.4 Å². The van der Waals surface area contributed by atoms with E-state index in [2.05, 4.69) is 0 Å². The van der Waals surface area contributed by atoms with Crippen LogP contribution in [0, 0.1) is 0 Å². The number of rotatable bonds is 0. The predicted octanol–water partition coefficient (Wildman–Crippen LogP) is -6.26. The molecule has 0 unspecified atom stereocenters. The molecule has 8 heavy (non-hydrogen) atoms. The molecule has 5 N–H and O–H groups in total. The topological polar surface area (TPSA) is 110 Å². The van der Waals surface area contributed by atoms with Crippen molar-refractivity contribution in [2.45, 2.75) is 0 Å². The van der Waals surface area contributed by atoms with Gasteiger partial charge in [0.1, 0.15) is 0 Å². The Bertz CT molecular complexity index is 104. The van der Waals surface area contributed by atoms with Crippen LogP contribution in [0.5, 0.6) is 0 Å². The van der Waals surface area contributed by atoms with Gasteiger partial charge in [-0.1, -0.05) is 0 Å². The molecule has 0 heterocycles. The summed E-state index contributed by atoms with van der Waals surface area (Å²) in [5.74, 6) is 0. The van der Waals surface area contributed by atoms with Crippen LogP contribution in [0.2, 0.25) is 0 Å². The van der Waals surface area contributed by atoms with Gasteiger partial charge in [0.2, 0.25) is 0 Å². The van der Waals surface area contributed by atoms with Crippen LogP contribution in [0.3, 0.4) is 0 Å². The van der Waals surface area contributed by atoms with Crippen LogP contribution in [0.1, 0.15) is 2.85 Å². The summed E-state index contributed by atoms with van der Waals surface area (Å²) in [6.07, 6.45) is 0. The SMILES string of the molecule is N.O=S(=O)(O)O.[H-].[H-].[Na+].[Na+]. The van der Waals surface area contributed by atoms with Crippen molar-refractivity contribution < 1.29 is 79.5 Å². The minimum Gasteiger partial charge on any atom is -1.00 e. The Labute approximate surface area is 94.9 Å². The second kappa shape index (κ2) is 8.83. The van der Waals surface area contributed by atoms with Crippen molar-refractivity contribution >= 4 is 10.4 Å². The van der Waals surface area contributed by atoms with Crippen LogP contribution >= 0.6 is 0 Å². The molecule has 0 aliphatic carbocycles. The summed E-state index contributed by atoms with van der Waals surface area (Å²) in [6, 6.07) is 0. The van der Waals surface area contributed by atoms with Gasteiger partial charge in [-0.3, -0.25) is 9.11 Å². The Morgan fingerprint density at radius 3 is 1.12 bits per heavy atom. The average molecular weight is 163 g/mol. The first-order valence-electron chi connectivity index (χ1n) is 0.698. The molecule has 0 aliphatic heterocycles. The second-order valence-electron chi connectivity index (χ2n) is 0.448. The summed E-state index contributed by atoms with van der Waals surface area (Å²) in [7, 11) is -4.67. The Morgan fingerprint density at radius 1 is 1.12 bits per heavy atom. The Kier molecular flexibility index (Phi) is 24.9. The molecular formula is H7NNa2O4S. The van der Waals surface area contributed by atoms with E-state index >= 15 is 0 Å². The first-order chi connectivity index (χ1) is 2.00. The third-order valence-corrected chi connectivity index (χ3v) is 0. The third kappa shape index (κ3) is 109. The van der Waals surface area contributed by atoms with Crippen molar-refractivity contribution in [1.82, 2.24) is 6.15 Å². The quantitative estimate of drug-likeness (QED) is 0.243. The van der Waals surface area contributed by atoms with Gasteiger partial charge in [-0.25, -0.2) is 0 Å². The van der Waals surface area contributed by atoms with Gasteiger partial charge in [-0.15, -0.1) is 0 Å². The molecule has 5 nitrogen and oxygen atoms in total. The van der Waals surface area contributed by atoms with Crippen molar-refractivity contribution in [3.63, 3.8) is 0 Å². The molecule has 0 rings (SSSR count). The zero-order valence-corrected chi connectivity index (χ0v) is 9.64. The van der Waals surface area contributed by atoms with E-state index in [9.17, 15) is 0 Å². The Balaban J connectivity index is -0.00000000800. The smallest absolute Gasteiger partial charge is 1.00 e. The maximum absolute atomic E-state index is 8.74. The van der Waals surface area contributed by atoms with E-state index in [-0.39, 0.29) is 68.1 Å². The molecule has 0 aliphatic rings. The number of hydrogen-bond donors (Lipinski definition) is 3. The molecule has 0 spiro atoms. The second-order valence-corrected chi connectivity index (χ2v) is 1.34. The van der Waals surface area contributed by atoms with Gasteiger partial charge in [0.05, 0.1) is 0 Å². The largest absolute Gasteiger partial charge is 1.00 e. The maximum atomic E-state index is 8.74. The van der Waals surface area contributed by atoms with Gasteiger partial charge in [0.25, 0.3) is 0 Å². The number of hydrogen-bond acceptors (Lipinski definition) is 3. The van der Waals surface area contributed by atoms with Crippen LogP contribution in [-0.4, -0.2) is 17.5 Å². The average Bonchev–Trinajstić information content (AvgIpc) is 0.722. The molecule has 0 saturated heterocycles. The standard InChI is InChI=1S/H3N.2Na.H2O4S.2H/c;;;1-5(2,3)4;;/h1H3;;;(H2,1,2,3,4);;/q;2*+1;;2*-1. The van der Waals surface area contributed by atoms with E-state index in [4.69, 9.17) is 17.5 Å². The van der Waals surface area contributed by atoms with Crippen LogP contribution in [0.25, 0.3) is 0 Å². The van der Waals surface area contributed by atoms with Crippen molar-refractivity contribution in [2.24, 2.45) is 0 Å². The van der Waals surface area contributed by atoms with Gasteiger partial charge in [0.15, 0.2) is 0 Å². The molecule has 0 radical (unpaired) electrons. The molecule has 0 aromatic rings. The van der Waals surface area contributed by atoms with Crippen molar-refractivity contribution in [1.29, 1.82) is 0 Å². The van der Waals surface area contributed by atoms with Crippen molar-refractivity contribution in [3.05, 3.63) is 0 Å². The minimum absolute atomic E-state index is 0. The molecule has 0 amide bonds. The van der Waals surface area contributed by atoms with Crippen LogP contribution in [0.15, 0.2) is 0 Å². The van der Waals surface area contributed by atoms with Gasteiger partial charge in [-0.2, -0.15) is 8.42 Å². The zero-order valence-electron chi connectivity index (χ0n) is 6.83. The van der Waals surface area contributed by atoms with E-state index in [0.29, 0.717) is 0 Å². The van der Waals surface area contributed by atoms with Crippen molar-refractivity contribution in [3.8, 4) is 0 Å². The molecule has 44 valence electrons. The van der Waals surface area contributed by atoms with E-state index < -0.39 is 10.4 Å². The van der Waals surface area contributed by atoms with Gasteiger partial charge in [0, 0.05) is 0 Å². The van der Waals surface area contributed by atoms with E-state index in [1.54, 1.807) is 0 Å². The van der Waals surface area contributed by atoms with E-state index in [1.807, 2.05) is 0 Å². The maximum Gasteiger partial charge on any atom is 1.00 e. The van der Waals surface area contributed by atoms with Gasteiger partial charge in [-0.05, 0) is 0 Å². The summed E-state index contributed by atoms with van der Waals surface area (Å²) >= 11 is 0. The summed E-state index contributed by atoms with van der Waals surface area (Å²) in [5, 5.41) is 0. The first-order valence-corrected chi connectivity index (χ1v) is 2.10. The molecule has 0 bridgehead atoms. The fraction of sp³-hybridized carbons (Fsp3) is 0. The fourth-order valence-electron chi connectivity index (χ4n) is 0. The van der Waals surface area contributed by atoms with Crippen LogP contribution < -0.4 is 65.3 Å². The van der Waals surface area contributed by atoms with Crippen LogP contribution in [0.4, 0.5) is 0 Å². The van der Waals surface area contributed by atoms with Gasteiger partial charge < -0.3 is 9.00 Å². The molecule has 0 saturated carbocycles. The molecular weight excluding hydrogens is 156 g/mol. The third-order valence-electron chi connectivity index (χ3n) is 0. The fourth-order valence-corrected chi connectivity index (χ4v) is 0. The first kappa shape index (κ1) is 22.5. The molecule has 8 heteroatoms. The molecule has 0 atom stereocenters. The normalized spacial score (nSPS) is 7.25. The van der Waals surface area contributed by atoms with E-state index in [0.717, 1.165) is 0 Å². The Morgan fingerprint density at radius 2 is 1.12 bits per heavy atom. The summed E-state index contributed by atoms with van der Waals surface area (Å²) < 4.78 is 31.6. The van der Waals surface area contributed by atoms with Gasteiger partial charge >= 0.3 is 69.5 Å². The summed E-state index contributed by atoms with van der Waals surface area (Å²) in [5.41, 5.74) is 0. The van der Waals surface area contributed by atoms with E-state index in [1.165, 1.54) is 0 Å². The predicted molar refractivity (Wildman–Crippen MR) is 21.4 cm³/mol. The molecule has 0 fully saturated rings. The Hall–Kier alpha value is 1.83. The molecule has 0 aromatic heterocycles. The zero-order chi connectivity index (χ0) is 4.50. The van der Waals surface area contributed by atoms with Crippen molar-refractivity contribution in [2.75, 3.05) is 0 Å². The molecule has 0 aromatic carbocycles. The minimum atomic E-state index is -4.67. The summed E-state index contributed by atoms with van der Waals surface area (Å²) in [4.78, 5) is 0.